The predicted molar refractivity (Wildman–Crippen MR) is 125 cm³/mol. The summed E-state index contributed by atoms with van der Waals surface area (Å²) < 4.78 is 12.5. The van der Waals surface area contributed by atoms with Crippen molar-refractivity contribution in [2.45, 2.75) is 13.0 Å². The molecule has 0 radical (unpaired) electrons. The van der Waals surface area contributed by atoms with Gasteiger partial charge in [0.05, 0.1) is 24.1 Å². The second-order valence-electron chi connectivity index (χ2n) is 8.15. The topological polar surface area (TPSA) is 131 Å². The van der Waals surface area contributed by atoms with Gasteiger partial charge in [-0.3, -0.25) is 4.90 Å². The van der Waals surface area contributed by atoms with E-state index in [0.29, 0.717) is 55.7 Å². The van der Waals surface area contributed by atoms with Gasteiger partial charge in [0.2, 0.25) is 5.95 Å². The fraction of sp³-hybridized carbons (Fsp3) is 0.348. The molecule has 0 aliphatic carbocycles. The summed E-state index contributed by atoms with van der Waals surface area (Å²) in [5.74, 6) is 0.658. The number of para-hydroxylation sites is 1. The third-order valence-corrected chi connectivity index (χ3v) is 5.97. The van der Waals surface area contributed by atoms with Crippen molar-refractivity contribution < 1.29 is 18.7 Å². The maximum atomic E-state index is 12.9. The Balaban J connectivity index is 1.33. The lowest BCUT2D eigenvalue weighted by atomic mass is 9.99. The van der Waals surface area contributed by atoms with E-state index in [2.05, 4.69) is 36.0 Å². The maximum Gasteiger partial charge on any atom is 0.338 e. The third-order valence-electron chi connectivity index (χ3n) is 5.97. The number of aromatic nitrogens is 4. The minimum atomic E-state index is -0.718. The molecule has 4 heterocycles. The molecule has 1 aromatic carbocycles. The Bertz CT molecular complexity index is 1200. The van der Waals surface area contributed by atoms with E-state index in [1.165, 1.54) is 6.26 Å². The van der Waals surface area contributed by atoms with Crippen molar-refractivity contribution in [2.75, 3.05) is 44.2 Å². The number of esters is 1. The number of benzene rings is 1. The molecule has 0 spiro atoms. The Kier molecular flexibility index (Phi) is 6.44. The second-order valence-corrected chi connectivity index (χ2v) is 8.15. The van der Waals surface area contributed by atoms with Crippen molar-refractivity contribution in [3.05, 3.63) is 65.8 Å². The Morgan fingerprint density at radius 3 is 2.66 bits per heavy atom. The van der Waals surface area contributed by atoms with Crippen LogP contribution in [0.3, 0.4) is 0 Å². The molecule has 1 unspecified atom stereocenters. The lowest BCUT2D eigenvalue weighted by Gasteiger charge is -2.36. The highest BCUT2D eigenvalue weighted by molar-refractivity contribution is 5.95. The van der Waals surface area contributed by atoms with Crippen LogP contribution < -0.4 is 15.5 Å². The molecule has 2 aromatic heterocycles. The van der Waals surface area contributed by atoms with Gasteiger partial charge < -0.3 is 24.7 Å². The maximum absolute atomic E-state index is 12.9. The van der Waals surface area contributed by atoms with Gasteiger partial charge in [-0.05, 0) is 41.6 Å². The average Bonchev–Trinajstić information content (AvgIpc) is 3.58. The van der Waals surface area contributed by atoms with Crippen molar-refractivity contribution in [1.82, 2.24) is 35.7 Å². The zero-order chi connectivity index (χ0) is 24.2. The van der Waals surface area contributed by atoms with Crippen molar-refractivity contribution in [1.29, 1.82) is 0 Å². The molecule has 2 aliphatic heterocycles. The summed E-state index contributed by atoms with van der Waals surface area (Å²) in [6, 6.07) is 12.1. The third kappa shape index (κ3) is 4.73. The number of hydrogen-bond acceptors (Lipinski definition) is 9. The molecule has 2 aliphatic rings. The number of anilines is 1. The first-order valence-corrected chi connectivity index (χ1v) is 11.5. The van der Waals surface area contributed by atoms with Crippen LogP contribution in [0.4, 0.5) is 10.7 Å². The van der Waals surface area contributed by atoms with Crippen molar-refractivity contribution in [2.24, 2.45) is 0 Å². The number of piperazine rings is 1. The standard InChI is InChI=1S/C23H26N8O4/c1-2-34-21(32)19-17(24-22(33)25-20(19)18-9-6-14-35-18)15-29-10-12-30(13-11-29)23-26-27-28-31(23)16-7-4-3-5-8-16/h3-9,14,20H,2,10-13,15H2,1H3,(H2,24,25,33). The van der Waals surface area contributed by atoms with Gasteiger partial charge in [0.25, 0.3) is 0 Å². The summed E-state index contributed by atoms with van der Waals surface area (Å²) in [5.41, 5.74) is 1.74. The lowest BCUT2D eigenvalue weighted by Crippen LogP contribution is -2.52. The van der Waals surface area contributed by atoms with E-state index < -0.39 is 18.0 Å². The number of nitrogens with one attached hydrogen (secondary N) is 2. The summed E-state index contributed by atoms with van der Waals surface area (Å²) in [4.78, 5) is 29.6. The van der Waals surface area contributed by atoms with Crippen LogP contribution in [0.15, 0.2) is 64.4 Å². The Morgan fingerprint density at radius 2 is 1.94 bits per heavy atom. The molecule has 12 nitrogen and oxygen atoms in total. The number of ether oxygens (including phenoxy) is 1. The Hall–Kier alpha value is -4.19. The highest BCUT2D eigenvalue weighted by Gasteiger charge is 2.36. The summed E-state index contributed by atoms with van der Waals surface area (Å²) in [7, 11) is 0. The molecule has 2 N–H and O–H groups in total. The van der Waals surface area contributed by atoms with E-state index in [1.807, 2.05) is 30.3 Å². The number of carbonyl (C=O) groups excluding carboxylic acids is 2. The minimum absolute atomic E-state index is 0.225. The molecule has 12 heteroatoms. The van der Waals surface area contributed by atoms with Gasteiger partial charge >= 0.3 is 12.0 Å². The number of amides is 2. The smallest absolute Gasteiger partial charge is 0.338 e. The molecular weight excluding hydrogens is 452 g/mol. The largest absolute Gasteiger partial charge is 0.467 e. The van der Waals surface area contributed by atoms with E-state index in [1.54, 1.807) is 23.7 Å². The van der Waals surface area contributed by atoms with Crippen LogP contribution in [0.25, 0.3) is 5.69 Å². The number of hydrogen-bond donors (Lipinski definition) is 2. The first-order chi connectivity index (χ1) is 17.1. The molecule has 3 aromatic rings. The average molecular weight is 479 g/mol. The number of urea groups is 1. The van der Waals surface area contributed by atoms with Crippen LogP contribution in [0, 0.1) is 0 Å². The highest BCUT2D eigenvalue weighted by Crippen LogP contribution is 2.29. The minimum Gasteiger partial charge on any atom is -0.467 e. The molecule has 1 atom stereocenters. The predicted octanol–water partition coefficient (Wildman–Crippen LogP) is 1.25. The fourth-order valence-corrected chi connectivity index (χ4v) is 4.31. The van der Waals surface area contributed by atoms with Gasteiger partial charge in [0.15, 0.2) is 0 Å². The Morgan fingerprint density at radius 1 is 1.14 bits per heavy atom. The molecule has 1 fully saturated rings. The van der Waals surface area contributed by atoms with Crippen LogP contribution in [0.1, 0.15) is 18.7 Å². The molecule has 2 amide bonds. The van der Waals surface area contributed by atoms with Crippen LogP contribution in [0.2, 0.25) is 0 Å². The van der Waals surface area contributed by atoms with E-state index in [4.69, 9.17) is 9.15 Å². The highest BCUT2D eigenvalue weighted by atomic mass is 16.5. The van der Waals surface area contributed by atoms with Gasteiger partial charge in [-0.2, -0.15) is 4.68 Å². The molecule has 0 bridgehead atoms. The van der Waals surface area contributed by atoms with Crippen LogP contribution >= 0.6 is 0 Å². The van der Waals surface area contributed by atoms with Crippen molar-refractivity contribution in [3.63, 3.8) is 0 Å². The molecule has 0 saturated carbocycles. The fourth-order valence-electron chi connectivity index (χ4n) is 4.31. The van der Waals surface area contributed by atoms with Gasteiger partial charge in [0, 0.05) is 38.4 Å². The van der Waals surface area contributed by atoms with E-state index in [9.17, 15) is 9.59 Å². The number of furan rings is 1. The lowest BCUT2D eigenvalue weighted by molar-refractivity contribution is -0.139. The SMILES string of the molecule is CCOC(=O)C1=C(CN2CCN(c3nnnn3-c3ccccc3)CC2)NC(=O)NC1c1ccco1. The molecule has 1 saturated heterocycles. The van der Waals surface area contributed by atoms with Crippen molar-refractivity contribution >= 4 is 17.9 Å². The zero-order valence-electron chi connectivity index (χ0n) is 19.3. The summed E-state index contributed by atoms with van der Waals surface area (Å²) in [6.45, 7) is 5.11. The first kappa shape index (κ1) is 22.6. The van der Waals surface area contributed by atoms with E-state index in [0.717, 1.165) is 5.69 Å². The normalized spacial score (nSPS) is 18.8. The molecular formula is C23H26N8O4. The van der Waals surface area contributed by atoms with Crippen molar-refractivity contribution in [3.8, 4) is 5.69 Å². The monoisotopic (exact) mass is 478 g/mol. The summed E-state index contributed by atoms with van der Waals surface area (Å²) in [6.07, 6.45) is 1.51. The van der Waals surface area contributed by atoms with Crippen LogP contribution in [-0.4, -0.2) is 76.4 Å². The van der Waals surface area contributed by atoms with Gasteiger partial charge in [-0.15, -0.1) is 0 Å². The van der Waals surface area contributed by atoms with Gasteiger partial charge in [-0.25, -0.2) is 9.59 Å². The molecule has 5 rings (SSSR count). The van der Waals surface area contributed by atoms with Crippen LogP contribution in [-0.2, 0) is 9.53 Å². The summed E-state index contributed by atoms with van der Waals surface area (Å²) in [5, 5.41) is 17.8. The second kappa shape index (κ2) is 9.97. The van der Waals surface area contributed by atoms with Crippen LogP contribution in [0.5, 0.6) is 0 Å². The Labute approximate surface area is 201 Å². The van der Waals surface area contributed by atoms with Gasteiger partial charge in [-0.1, -0.05) is 23.3 Å². The summed E-state index contributed by atoms with van der Waals surface area (Å²) >= 11 is 0. The zero-order valence-corrected chi connectivity index (χ0v) is 19.3. The number of tetrazole rings is 1. The molecule has 35 heavy (non-hydrogen) atoms. The molecule has 182 valence electrons. The van der Waals surface area contributed by atoms with E-state index >= 15 is 0 Å². The quantitative estimate of drug-likeness (QED) is 0.482. The number of rotatable bonds is 7. The van der Waals surface area contributed by atoms with E-state index in [-0.39, 0.29) is 6.61 Å². The first-order valence-electron chi connectivity index (χ1n) is 11.5. The number of carbonyl (C=O) groups is 2. The van der Waals surface area contributed by atoms with Gasteiger partial charge in [0.1, 0.15) is 11.8 Å². The number of nitrogens with zero attached hydrogens (tertiary/aromatic N) is 6.